The molecule has 0 aliphatic carbocycles. The zero-order chi connectivity index (χ0) is 13.0. The van der Waals surface area contributed by atoms with Gasteiger partial charge in [0.25, 0.3) is 0 Å². The second kappa shape index (κ2) is 4.20. The van der Waals surface area contributed by atoms with Crippen LogP contribution in [0.5, 0.6) is 0 Å². The van der Waals surface area contributed by atoms with Gasteiger partial charge in [-0.05, 0) is 29.0 Å². The highest BCUT2D eigenvalue weighted by Crippen LogP contribution is 2.42. The molecule has 0 saturated carbocycles. The average molecular weight is 348 g/mol. The topological polar surface area (TPSA) is 0 Å². The summed E-state index contributed by atoms with van der Waals surface area (Å²) in [4.78, 5) is 0. The van der Waals surface area contributed by atoms with Crippen LogP contribution in [0.4, 0.5) is 0 Å². The van der Waals surface area contributed by atoms with Gasteiger partial charge in [0.1, 0.15) is 0 Å². The van der Waals surface area contributed by atoms with Crippen LogP contribution in [-0.4, -0.2) is 0 Å². The van der Waals surface area contributed by atoms with E-state index >= 15 is 0 Å². The van der Waals surface area contributed by atoms with Crippen LogP contribution in [0, 0.1) is 0 Å². The summed E-state index contributed by atoms with van der Waals surface area (Å²) in [5.41, 5.74) is 0. The maximum atomic E-state index is 6.15. The first kappa shape index (κ1) is 11.7. The molecule has 0 fully saturated rings. The fourth-order valence-corrected chi connectivity index (χ4v) is 4.98. The Balaban J connectivity index is 2.36. The molecule has 0 saturated heterocycles. The van der Waals surface area contributed by atoms with Crippen molar-refractivity contribution < 1.29 is 0 Å². The minimum absolute atomic E-state index is 0.773. The molecule has 3 heteroatoms. The Morgan fingerprint density at radius 2 is 1.74 bits per heavy atom. The summed E-state index contributed by atoms with van der Waals surface area (Å²) in [6.07, 6.45) is 0. The third-order valence-corrected chi connectivity index (χ3v) is 5.33. The van der Waals surface area contributed by atoms with Gasteiger partial charge in [-0.1, -0.05) is 57.9 Å². The van der Waals surface area contributed by atoms with Crippen LogP contribution in [0.3, 0.4) is 0 Å². The molecule has 19 heavy (non-hydrogen) atoms. The Labute approximate surface area is 127 Å². The van der Waals surface area contributed by atoms with E-state index in [2.05, 4.69) is 52.3 Å². The van der Waals surface area contributed by atoms with Crippen molar-refractivity contribution in [1.29, 1.82) is 0 Å². The van der Waals surface area contributed by atoms with Crippen LogP contribution >= 0.6 is 38.9 Å². The second-order valence-electron chi connectivity index (χ2n) is 4.52. The van der Waals surface area contributed by atoms with Crippen molar-refractivity contribution in [2.24, 2.45) is 0 Å². The minimum atomic E-state index is 0.773. The van der Waals surface area contributed by atoms with Gasteiger partial charge in [0.15, 0.2) is 0 Å². The first-order valence-corrected chi connectivity index (χ1v) is 7.92. The van der Waals surface area contributed by atoms with E-state index in [0.717, 1.165) is 9.50 Å². The number of halogens is 2. The van der Waals surface area contributed by atoms with Crippen molar-refractivity contribution in [1.82, 2.24) is 0 Å². The molecule has 0 aliphatic rings. The lowest BCUT2D eigenvalue weighted by atomic mass is 10.0. The van der Waals surface area contributed by atoms with Crippen molar-refractivity contribution in [3.05, 3.63) is 58.0 Å². The third kappa shape index (κ3) is 1.71. The molecule has 0 radical (unpaired) electrons. The van der Waals surface area contributed by atoms with E-state index in [9.17, 15) is 0 Å². The molecule has 0 atom stereocenters. The normalized spacial score (nSPS) is 11.7. The molecule has 1 aromatic heterocycles. The van der Waals surface area contributed by atoms with Gasteiger partial charge in [-0.3, -0.25) is 0 Å². The van der Waals surface area contributed by atoms with Crippen LogP contribution in [0.2, 0.25) is 5.02 Å². The Bertz CT molecular complexity index is 940. The van der Waals surface area contributed by atoms with Gasteiger partial charge in [-0.25, -0.2) is 0 Å². The summed E-state index contributed by atoms with van der Waals surface area (Å²) < 4.78 is 3.60. The number of fused-ring (bicyclic) bond motifs is 5. The Morgan fingerprint density at radius 3 is 2.63 bits per heavy atom. The maximum absolute atomic E-state index is 6.15. The first-order chi connectivity index (χ1) is 9.24. The maximum Gasteiger partial charge on any atom is 0.0431 e. The molecule has 0 nitrogen and oxygen atoms in total. The third-order valence-electron chi connectivity index (χ3n) is 3.38. The van der Waals surface area contributed by atoms with Crippen LogP contribution in [0.25, 0.3) is 30.9 Å². The van der Waals surface area contributed by atoms with Crippen LogP contribution in [0.1, 0.15) is 0 Å². The standard InChI is InChI=1S/C16H8BrClS/c17-12-7-10(18)8-14-16(12)15-11-4-2-1-3-9(11)5-6-13(15)19-14/h1-8H. The lowest BCUT2D eigenvalue weighted by Crippen LogP contribution is -1.75. The number of rotatable bonds is 0. The summed E-state index contributed by atoms with van der Waals surface area (Å²) >= 11 is 11.6. The fraction of sp³-hybridized carbons (Fsp3) is 0. The van der Waals surface area contributed by atoms with Gasteiger partial charge >= 0.3 is 0 Å². The van der Waals surface area contributed by atoms with E-state index in [1.807, 2.05) is 12.1 Å². The molecule has 0 amide bonds. The molecule has 0 bridgehead atoms. The van der Waals surface area contributed by atoms with Gasteiger partial charge in [0, 0.05) is 29.7 Å². The Hall–Kier alpha value is -1.09. The SMILES string of the molecule is Clc1cc(Br)c2c(c1)sc1ccc3ccccc3c12. The molecule has 1 heterocycles. The second-order valence-corrected chi connectivity index (χ2v) is 6.90. The van der Waals surface area contributed by atoms with E-state index in [0.29, 0.717) is 0 Å². The molecular formula is C16H8BrClS. The highest BCUT2D eigenvalue weighted by atomic mass is 79.9. The summed E-state index contributed by atoms with van der Waals surface area (Å²) in [6.45, 7) is 0. The molecule has 3 aromatic carbocycles. The van der Waals surface area contributed by atoms with E-state index in [1.54, 1.807) is 11.3 Å². The van der Waals surface area contributed by atoms with E-state index < -0.39 is 0 Å². The smallest absolute Gasteiger partial charge is 0.0431 e. The van der Waals surface area contributed by atoms with Crippen molar-refractivity contribution >= 4 is 69.8 Å². The number of thiophene rings is 1. The van der Waals surface area contributed by atoms with Gasteiger partial charge in [0.2, 0.25) is 0 Å². The summed E-state index contributed by atoms with van der Waals surface area (Å²) in [6, 6.07) is 16.9. The number of hydrogen-bond acceptors (Lipinski definition) is 1. The largest absolute Gasteiger partial charge is 0.135 e. The minimum Gasteiger partial charge on any atom is -0.135 e. The highest BCUT2D eigenvalue weighted by molar-refractivity contribution is 9.10. The van der Waals surface area contributed by atoms with Crippen LogP contribution in [0.15, 0.2) is 53.0 Å². The predicted molar refractivity (Wildman–Crippen MR) is 89.5 cm³/mol. The molecule has 0 unspecified atom stereocenters. The summed E-state index contributed by atoms with van der Waals surface area (Å²) in [7, 11) is 0. The lowest BCUT2D eigenvalue weighted by Gasteiger charge is -2.01. The first-order valence-electron chi connectivity index (χ1n) is 5.93. The van der Waals surface area contributed by atoms with Gasteiger partial charge in [0.05, 0.1) is 0 Å². The van der Waals surface area contributed by atoms with Crippen LogP contribution < -0.4 is 0 Å². The highest BCUT2D eigenvalue weighted by Gasteiger charge is 2.11. The lowest BCUT2D eigenvalue weighted by molar-refractivity contribution is 1.79. The molecule has 4 rings (SSSR count). The van der Waals surface area contributed by atoms with Crippen molar-refractivity contribution in [2.75, 3.05) is 0 Å². The fourth-order valence-electron chi connectivity index (χ4n) is 2.59. The van der Waals surface area contributed by atoms with Crippen molar-refractivity contribution in [3.8, 4) is 0 Å². The van der Waals surface area contributed by atoms with Gasteiger partial charge in [-0.2, -0.15) is 0 Å². The summed E-state index contributed by atoms with van der Waals surface area (Å²) in [5, 5.41) is 5.93. The monoisotopic (exact) mass is 346 g/mol. The molecule has 0 aliphatic heterocycles. The van der Waals surface area contributed by atoms with Crippen molar-refractivity contribution in [2.45, 2.75) is 0 Å². The molecule has 92 valence electrons. The quantitative estimate of drug-likeness (QED) is 0.335. The molecule has 0 N–H and O–H groups in total. The van der Waals surface area contributed by atoms with E-state index in [4.69, 9.17) is 11.6 Å². The van der Waals surface area contributed by atoms with Gasteiger partial charge < -0.3 is 0 Å². The number of benzene rings is 3. The zero-order valence-corrected chi connectivity index (χ0v) is 12.9. The predicted octanol–water partition coefficient (Wildman–Crippen LogP) is 6.62. The molecular weight excluding hydrogens is 340 g/mol. The molecule has 0 spiro atoms. The Morgan fingerprint density at radius 1 is 0.895 bits per heavy atom. The molecule has 4 aromatic rings. The van der Waals surface area contributed by atoms with Crippen LogP contribution in [-0.2, 0) is 0 Å². The zero-order valence-electron chi connectivity index (χ0n) is 9.78. The van der Waals surface area contributed by atoms with Gasteiger partial charge in [-0.15, -0.1) is 11.3 Å². The average Bonchev–Trinajstić information content (AvgIpc) is 2.77. The number of hydrogen-bond donors (Lipinski definition) is 0. The van der Waals surface area contributed by atoms with E-state index in [1.165, 1.54) is 30.9 Å². The van der Waals surface area contributed by atoms with E-state index in [-0.39, 0.29) is 0 Å². The Kier molecular flexibility index (Phi) is 2.59. The summed E-state index contributed by atoms with van der Waals surface area (Å²) in [5.74, 6) is 0. The van der Waals surface area contributed by atoms with Crippen molar-refractivity contribution in [3.63, 3.8) is 0 Å².